The number of thiophene rings is 2. The zero-order chi connectivity index (χ0) is 14.1. The molecular formula is C14H10N2OS3. The molecular weight excluding hydrogens is 308 g/mol. The summed E-state index contributed by atoms with van der Waals surface area (Å²) in [7, 11) is 0. The van der Waals surface area contributed by atoms with E-state index in [0.29, 0.717) is 10.6 Å². The molecule has 0 amide bonds. The number of carbonyl (C=O) groups is 1. The number of nitrogens with two attached hydrogens (primary N) is 1. The first kappa shape index (κ1) is 13.4. The minimum absolute atomic E-state index is 0.0524. The number of allylic oxidation sites excluding steroid dienone is 1. The molecule has 3 rings (SSSR count). The second-order valence-electron chi connectivity index (χ2n) is 4.26. The second-order valence-corrected chi connectivity index (χ2v) is 7.37. The van der Waals surface area contributed by atoms with E-state index in [1.165, 1.54) is 23.1 Å². The molecule has 2 N–H and O–H groups in total. The summed E-state index contributed by atoms with van der Waals surface area (Å²) in [6, 6.07) is 9.74. The molecule has 2 aromatic rings. The molecule has 0 saturated carbocycles. The number of thioether (sulfide) groups is 1. The summed E-state index contributed by atoms with van der Waals surface area (Å²) in [5.74, 6) is -0.170. The molecule has 0 aromatic carbocycles. The minimum Gasteiger partial charge on any atom is -0.393 e. The van der Waals surface area contributed by atoms with Crippen molar-refractivity contribution in [3.63, 3.8) is 0 Å². The van der Waals surface area contributed by atoms with Crippen molar-refractivity contribution in [1.29, 1.82) is 5.26 Å². The first-order valence-corrected chi connectivity index (χ1v) is 8.53. The Morgan fingerprint density at radius 1 is 1.25 bits per heavy atom. The van der Waals surface area contributed by atoms with Gasteiger partial charge in [0, 0.05) is 4.88 Å². The Balaban J connectivity index is 2.00. The summed E-state index contributed by atoms with van der Waals surface area (Å²) in [6.45, 7) is 0. The molecule has 100 valence electrons. The van der Waals surface area contributed by atoms with Crippen LogP contribution in [0.3, 0.4) is 0 Å². The Morgan fingerprint density at radius 2 is 2.00 bits per heavy atom. The standard InChI is InChI=1S/C14H10N2OS3/c15-7-8-11(9-3-1-5-18-9)13(20-14(8)16)12(17)10-4-2-6-19-10/h1-6,11,13H,16H2/t11-,13-/m0/s1. The van der Waals surface area contributed by atoms with Gasteiger partial charge < -0.3 is 5.73 Å². The first-order chi connectivity index (χ1) is 9.72. The maximum Gasteiger partial charge on any atom is 0.187 e. The van der Waals surface area contributed by atoms with E-state index in [4.69, 9.17) is 5.73 Å². The van der Waals surface area contributed by atoms with Gasteiger partial charge in [-0.2, -0.15) is 5.26 Å². The van der Waals surface area contributed by atoms with Gasteiger partial charge in [0.2, 0.25) is 0 Å². The van der Waals surface area contributed by atoms with Crippen LogP contribution >= 0.6 is 34.4 Å². The van der Waals surface area contributed by atoms with Crippen molar-refractivity contribution < 1.29 is 4.79 Å². The smallest absolute Gasteiger partial charge is 0.187 e. The molecule has 0 bridgehead atoms. The van der Waals surface area contributed by atoms with E-state index in [2.05, 4.69) is 6.07 Å². The highest BCUT2D eigenvalue weighted by Gasteiger charge is 2.41. The Bertz CT molecular complexity index is 695. The number of hydrogen-bond donors (Lipinski definition) is 1. The van der Waals surface area contributed by atoms with Gasteiger partial charge in [-0.05, 0) is 22.9 Å². The van der Waals surface area contributed by atoms with Crippen LogP contribution in [0.25, 0.3) is 0 Å². The van der Waals surface area contributed by atoms with Crippen LogP contribution in [0, 0.1) is 11.3 Å². The van der Waals surface area contributed by atoms with Crippen molar-refractivity contribution in [2.45, 2.75) is 11.2 Å². The van der Waals surface area contributed by atoms with Crippen LogP contribution in [0.15, 0.2) is 45.6 Å². The number of hydrogen-bond acceptors (Lipinski definition) is 6. The molecule has 0 spiro atoms. The normalized spacial score (nSPS) is 21.9. The van der Waals surface area contributed by atoms with Crippen molar-refractivity contribution in [3.8, 4) is 6.07 Å². The highest BCUT2D eigenvalue weighted by molar-refractivity contribution is 8.04. The molecule has 0 radical (unpaired) electrons. The Morgan fingerprint density at radius 3 is 2.60 bits per heavy atom. The average molecular weight is 318 g/mol. The molecule has 2 atom stereocenters. The van der Waals surface area contributed by atoms with Gasteiger partial charge >= 0.3 is 0 Å². The van der Waals surface area contributed by atoms with Crippen molar-refractivity contribution in [2.75, 3.05) is 0 Å². The van der Waals surface area contributed by atoms with Gasteiger partial charge in [0.15, 0.2) is 5.78 Å². The van der Waals surface area contributed by atoms with Crippen LogP contribution in [-0.4, -0.2) is 11.0 Å². The lowest BCUT2D eigenvalue weighted by Crippen LogP contribution is -2.22. The monoisotopic (exact) mass is 318 g/mol. The molecule has 0 saturated heterocycles. The molecule has 0 fully saturated rings. The second kappa shape index (κ2) is 5.44. The molecule has 6 heteroatoms. The molecule has 20 heavy (non-hydrogen) atoms. The molecule has 1 aliphatic rings. The van der Waals surface area contributed by atoms with E-state index >= 15 is 0 Å². The van der Waals surface area contributed by atoms with Gasteiger partial charge in [-0.1, -0.05) is 23.9 Å². The van der Waals surface area contributed by atoms with Crippen LogP contribution in [0.1, 0.15) is 20.5 Å². The third kappa shape index (κ3) is 2.18. The number of nitrogens with zero attached hydrogens (tertiary/aromatic N) is 1. The van der Waals surface area contributed by atoms with Crippen molar-refractivity contribution >= 4 is 40.2 Å². The van der Waals surface area contributed by atoms with Gasteiger partial charge in [-0.15, -0.1) is 22.7 Å². The maximum atomic E-state index is 12.6. The molecule has 1 aliphatic heterocycles. The van der Waals surface area contributed by atoms with Gasteiger partial charge in [-0.3, -0.25) is 4.79 Å². The van der Waals surface area contributed by atoms with E-state index in [0.717, 1.165) is 9.75 Å². The molecule has 3 heterocycles. The fourth-order valence-corrected chi connectivity index (χ4v) is 5.18. The molecule has 2 aromatic heterocycles. The van der Waals surface area contributed by atoms with Crippen LogP contribution in [0.2, 0.25) is 0 Å². The summed E-state index contributed by atoms with van der Waals surface area (Å²) in [6.07, 6.45) is 0. The van der Waals surface area contributed by atoms with E-state index in [-0.39, 0.29) is 17.0 Å². The topological polar surface area (TPSA) is 66.9 Å². The van der Waals surface area contributed by atoms with Gasteiger partial charge in [0.05, 0.1) is 32.7 Å². The SMILES string of the molecule is N#CC1=C(N)S[C@H](C(=O)c2cccs2)[C@@H]1c1cccs1. The van der Waals surface area contributed by atoms with Crippen LogP contribution in [0.4, 0.5) is 0 Å². The van der Waals surface area contributed by atoms with Gasteiger partial charge in [-0.25, -0.2) is 0 Å². The Labute approximate surface area is 128 Å². The average Bonchev–Trinajstić information content (AvgIpc) is 3.18. The summed E-state index contributed by atoms with van der Waals surface area (Å²) < 4.78 is 0. The minimum atomic E-state index is -0.332. The van der Waals surface area contributed by atoms with Crippen molar-refractivity contribution in [2.24, 2.45) is 5.73 Å². The first-order valence-electron chi connectivity index (χ1n) is 5.90. The predicted molar refractivity (Wildman–Crippen MR) is 83.9 cm³/mol. The number of ketones is 1. The summed E-state index contributed by atoms with van der Waals surface area (Å²) >= 11 is 4.29. The lowest BCUT2D eigenvalue weighted by atomic mass is 9.92. The van der Waals surface area contributed by atoms with E-state index in [1.54, 1.807) is 11.3 Å². The maximum absolute atomic E-state index is 12.6. The third-order valence-corrected chi connectivity index (χ3v) is 6.18. The largest absolute Gasteiger partial charge is 0.393 e. The van der Waals surface area contributed by atoms with Crippen molar-refractivity contribution in [3.05, 3.63) is 55.4 Å². The highest BCUT2D eigenvalue weighted by Crippen LogP contribution is 2.48. The van der Waals surface area contributed by atoms with Crippen LogP contribution < -0.4 is 5.73 Å². The van der Waals surface area contributed by atoms with E-state index in [1.807, 2.05) is 35.0 Å². The molecule has 0 aliphatic carbocycles. The zero-order valence-electron chi connectivity index (χ0n) is 10.3. The predicted octanol–water partition coefficient (Wildman–Crippen LogP) is 3.59. The van der Waals surface area contributed by atoms with Gasteiger partial charge in [0.25, 0.3) is 0 Å². The summed E-state index contributed by atoms with van der Waals surface area (Å²) in [5, 5.41) is 13.3. The Hall–Kier alpha value is -1.55. The number of nitriles is 1. The number of carbonyl (C=O) groups excluding carboxylic acids is 1. The summed E-state index contributed by atoms with van der Waals surface area (Å²) in [5.41, 5.74) is 6.46. The van der Waals surface area contributed by atoms with Crippen LogP contribution in [-0.2, 0) is 0 Å². The van der Waals surface area contributed by atoms with Crippen LogP contribution in [0.5, 0.6) is 0 Å². The zero-order valence-corrected chi connectivity index (χ0v) is 12.7. The quantitative estimate of drug-likeness (QED) is 0.878. The highest BCUT2D eigenvalue weighted by atomic mass is 32.2. The summed E-state index contributed by atoms with van der Waals surface area (Å²) in [4.78, 5) is 14.4. The lowest BCUT2D eigenvalue weighted by molar-refractivity contribution is 0.0989. The molecule has 0 unspecified atom stereocenters. The van der Waals surface area contributed by atoms with Crippen molar-refractivity contribution in [1.82, 2.24) is 0 Å². The van der Waals surface area contributed by atoms with E-state index in [9.17, 15) is 10.1 Å². The third-order valence-electron chi connectivity index (χ3n) is 3.13. The number of rotatable bonds is 3. The Kier molecular flexibility index (Phi) is 3.66. The van der Waals surface area contributed by atoms with E-state index < -0.39 is 0 Å². The number of Topliss-reactive ketones (excluding diaryl/α,β-unsaturated/α-hetero) is 1. The lowest BCUT2D eigenvalue weighted by Gasteiger charge is -2.16. The molecule has 3 nitrogen and oxygen atoms in total. The van der Waals surface area contributed by atoms with Gasteiger partial charge in [0.1, 0.15) is 0 Å². The fourth-order valence-electron chi connectivity index (χ4n) is 2.22. The fraction of sp³-hybridized carbons (Fsp3) is 0.143.